The number of aromatic amines is 1. The third kappa shape index (κ3) is 2.46. The van der Waals surface area contributed by atoms with Crippen LogP contribution in [-0.4, -0.2) is 30.0 Å². The number of fused-ring (bicyclic) bond motifs is 1. The van der Waals surface area contributed by atoms with Crippen LogP contribution in [0.15, 0.2) is 24.4 Å². The van der Waals surface area contributed by atoms with Crippen molar-refractivity contribution in [1.82, 2.24) is 15.6 Å². The third-order valence-electron chi connectivity index (χ3n) is 3.56. The van der Waals surface area contributed by atoms with Crippen LogP contribution in [0.1, 0.15) is 23.2 Å². The van der Waals surface area contributed by atoms with Crippen LogP contribution in [0.5, 0.6) is 0 Å². The molecule has 0 saturated carbocycles. The molecule has 19 heavy (non-hydrogen) atoms. The summed E-state index contributed by atoms with van der Waals surface area (Å²) >= 11 is 0. The number of halogens is 1. The smallest absolute Gasteiger partial charge is 0.253 e. The first-order chi connectivity index (χ1) is 9.24. The van der Waals surface area contributed by atoms with Crippen LogP contribution in [0, 0.1) is 5.82 Å². The Kier molecular flexibility index (Phi) is 3.21. The number of H-pyrrole nitrogens is 1. The molecule has 3 N–H and O–H groups in total. The van der Waals surface area contributed by atoms with E-state index in [4.69, 9.17) is 0 Å². The van der Waals surface area contributed by atoms with Gasteiger partial charge in [-0.15, -0.1) is 0 Å². The molecular formula is C14H16FN3O. The van der Waals surface area contributed by atoms with Crippen molar-refractivity contribution in [3.63, 3.8) is 0 Å². The van der Waals surface area contributed by atoms with Crippen molar-refractivity contribution >= 4 is 16.8 Å². The van der Waals surface area contributed by atoms with E-state index in [0.29, 0.717) is 10.9 Å². The van der Waals surface area contributed by atoms with Crippen LogP contribution in [0.3, 0.4) is 0 Å². The number of hydrogen-bond acceptors (Lipinski definition) is 2. The summed E-state index contributed by atoms with van der Waals surface area (Å²) < 4.78 is 13.3. The lowest BCUT2D eigenvalue weighted by molar-refractivity contribution is 0.0931. The minimum atomic E-state index is -0.331. The van der Waals surface area contributed by atoms with E-state index in [0.717, 1.165) is 31.4 Å². The van der Waals surface area contributed by atoms with Gasteiger partial charge in [0.2, 0.25) is 0 Å². The highest BCUT2D eigenvalue weighted by Crippen LogP contribution is 2.19. The highest BCUT2D eigenvalue weighted by Gasteiger charge is 2.18. The molecule has 100 valence electrons. The second kappa shape index (κ2) is 5.01. The summed E-state index contributed by atoms with van der Waals surface area (Å²) in [5.41, 5.74) is 1.28. The minimum absolute atomic E-state index is 0.135. The quantitative estimate of drug-likeness (QED) is 0.772. The third-order valence-corrected chi connectivity index (χ3v) is 3.56. The fourth-order valence-corrected chi connectivity index (χ4v) is 2.51. The first-order valence-electron chi connectivity index (χ1n) is 6.52. The maximum absolute atomic E-state index is 13.3. The predicted molar refractivity (Wildman–Crippen MR) is 71.6 cm³/mol. The van der Waals surface area contributed by atoms with E-state index < -0.39 is 0 Å². The molecule has 1 aromatic heterocycles. The first-order valence-corrected chi connectivity index (χ1v) is 6.52. The Labute approximate surface area is 110 Å². The molecule has 0 spiro atoms. The molecule has 0 aliphatic carbocycles. The van der Waals surface area contributed by atoms with Crippen LogP contribution in [0.2, 0.25) is 0 Å². The van der Waals surface area contributed by atoms with Crippen molar-refractivity contribution < 1.29 is 9.18 Å². The van der Waals surface area contributed by atoms with Crippen LogP contribution in [0.4, 0.5) is 4.39 Å². The number of amides is 1. The van der Waals surface area contributed by atoms with Crippen LogP contribution in [-0.2, 0) is 0 Å². The van der Waals surface area contributed by atoms with Gasteiger partial charge in [-0.1, -0.05) is 0 Å². The van der Waals surface area contributed by atoms with Crippen LogP contribution >= 0.6 is 0 Å². The average Bonchev–Trinajstić information content (AvgIpc) is 2.82. The van der Waals surface area contributed by atoms with E-state index in [1.165, 1.54) is 12.1 Å². The zero-order valence-corrected chi connectivity index (χ0v) is 10.5. The molecule has 0 unspecified atom stereocenters. The highest BCUT2D eigenvalue weighted by molar-refractivity contribution is 6.06. The van der Waals surface area contributed by atoms with Gasteiger partial charge in [0.1, 0.15) is 5.82 Å². The fourth-order valence-electron chi connectivity index (χ4n) is 2.51. The molecule has 1 aromatic carbocycles. The highest BCUT2D eigenvalue weighted by atomic mass is 19.1. The van der Waals surface area contributed by atoms with Gasteiger partial charge >= 0.3 is 0 Å². The lowest BCUT2D eigenvalue weighted by Crippen LogP contribution is -2.42. The normalized spacial score (nSPS) is 16.7. The fraction of sp³-hybridized carbons (Fsp3) is 0.357. The lowest BCUT2D eigenvalue weighted by Gasteiger charge is -2.23. The van der Waals surface area contributed by atoms with E-state index in [1.807, 2.05) is 0 Å². The predicted octanol–water partition coefficient (Wildman–Crippen LogP) is 1.79. The standard InChI is InChI=1S/C14H16FN3O/c15-9-1-2-13-11(7-9)12(8-17-13)14(19)18-10-3-5-16-6-4-10/h1-2,7-8,10,16-17H,3-6H2,(H,18,19). The molecule has 0 bridgehead atoms. The topological polar surface area (TPSA) is 56.9 Å². The molecule has 0 atom stereocenters. The molecule has 1 aliphatic rings. The monoisotopic (exact) mass is 261 g/mol. The van der Waals surface area contributed by atoms with Gasteiger partial charge in [-0.25, -0.2) is 4.39 Å². The van der Waals surface area contributed by atoms with Gasteiger partial charge in [0, 0.05) is 23.1 Å². The summed E-state index contributed by atoms with van der Waals surface area (Å²) in [4.78, 5) is 15.2. The molecule has 5 heteroatoms. The SMILES string of the molecule is O=C(NC1CCNCC1)c1c[nH]c2ccc(F)cc12. The maximum Gasteiger partial charge on any atom is 0.253 e. The van der Waals surface area contributed by atoms with Crippen molar-refractivity contribution in [3.05, 3.63) is 35.8 Å². The zero-order chi connectivity index (χ0) is 13.2. The molecule has 2 aromatic rings. The van der Waals surface area contributed by atoms with Crippen LogP contribution < -0.4 is 10.6 Å². The molecular weight excluding hydrogens is 245 g/mol. The Bertz CT molecular complexity index is 602. The van der Waals surface area contributed by atoms with Crippen molar-refractivity contribution in [3.8, 4) is 0 Å². The summed E-state index contributed by atoms with van der Waals surface area (Å²) in [7, 11) is 0. The molecule has 2 heterocycles. The number of carbonyl (C=O) groups is 1. The molecule has 4 nitrogen and oxygen atoms in total. The molecule has 0 radical (unpaired) electrons. The summed E-state index contributed by atoms with van der Waals surface area (Å²) in [6.45, 7) is 1.85. The molecule has 1 saturated heterocycles. The molecule has 1 fully saturated rings. The van der Waals surface area contributed by atoms with Crippen molar-refractivity contribution in [2.24, 2.45) is 0 Å². The maximum atomic E-state index is 13.3. The summed E-state index contributed by atoms with van der Waals surface area (Å²) in [6.07, 6.45) is 3.51. The van der Waals surface area contributed by atoms with E-state index in [-0.39, 0.29) is 17.8 Å². The largest absolute Gasteiger partial charge is 0.360 e. The average molecular weight is 261 g/mol. The zero-order valence-electron chi connectivity index (χ0n) is 10.5. The summed E-state index contributed by atoms with van der Waals surface area (Å²) in [6, 6.07) is 4.62. The van der Waals surface area contributed by atoms with E-state index in [1.54, 1.807) is 12.3 Å². The summed E-state index contributed by atoms with van der Waals surface area (Å²) in [5, 5.41) is 6.90. The Balaban J connectivity index is 1.82. The van der Waals surface area contributed by atoms with Gasteiger partial charge in [0.15, 0.2) is 0 Å². The number of aromatic nitrogens is 1. The number of piperidine rings is 1. The van der Waals surface area contributed by atoms with Gasteiger partial charge in [-0.2, -0.15) is 0 Å². The van der Waals surface area contributed by atoms with Crippen molar-refractivity contribution in [2.45, 2.75) is 18.9 Å². The second-order valence-electron chi connectivity index (χ2n) is 4.89. The van der Waals surface area contributed by atoms with E-state index in [2.05, 4.69) is 15.6 Å². The summed E-state index contributed by atoms with van der Waals surface area (Å²) in [5.74, 6) is -0.466. The Morgan fingerprint density at radius 3 is 2.89 bits per heavy atom. The van der Waals surface area contributed by atoms with E-state index in [9.17, 15) is 9.18 Å². The number of carbonyl (C=O) groups excluding carboxylic acids is 1. The number of hydrogen-bond donors (Lipinski definition) is 3. The van der Waals surface area contributed by atoms with Crippen LogP contribution in [0.25, 0.3) is 10.9 Å². The number of benzene rings is 1. The second-order valence-corrected chi connectivity index (χ2v) is 4.89. The molecule has 3 rings (SSSR count). The van der Waals surface area contributed by atoms with Gasteiger partial charge < -0.3 is 15.6 Å². The Morgan fingerprint density at radius 1 is 1.32 bits per heavy atom. The minimum Gasteiger partial charge on any atom is -0.360 e. The molecule has 1 amide bonds. The Hall–Kier alpha value is -1.88. The number of nitrogens with one attached hydrogen (secondary N) is 3. The van der Waals surface area contributed by atoms with Crippen molar-refractivity contribution in [2.75, 3.05) is 13.1 Å². The van der Waals surface area contributed by atoms with Gasteiger partial charge in [-0.3, -0.25) is 4.79 Å². The number of rotatable bonds is 2. The molecule has 1 aliphatic heterocycles. The van der Waals surface area contributed by atoms with Gasteiger partial charge in [0.25, 0.3) is 5.91 Å². The van der Waals surface area contributed by atoms with Gasteiger partial charge in [0.05, 0.1) is 5.56 Å². The Morgan fingerprint density at radius 2 is 2.11 bits per heavy atom. The first kappa shape index (κ1) is 12.2. The van der Waals surface area contributed by atoms with E-state index >= 15 is 0 Å². The van der Waals surface area contributed by atoms with Gasteiger partial charge in [-0.05, 0) is 44.1 Å². The van der Waals surface area contributed by atoms with Crippen molar-refractivity contribution in [1.29, 1.82) is 0 Å². The lowest BCUT2D eigenvalue weighted by atomic mass is 10.1.